The smallest absolute Gasteiger partial charge is 0.113 e. The third-order valence-corrected chi connectivity index (χ3v) is 11.3. The summed E-state index contributed by atoms with van der Waals surface area (Å²) in [5, 5.41) is 10.8. The van der Waals surface area contributed by atoms with E-state index in [4.69, 9.17) is 0 Å². The highest BCUT2D eigenvalue weighted by atomic mass is 16.3. The zero-order valence-corrected chi connectivity index (χ0v) is 22.9. The lowest BCUT2D eigenvalue weighted by Crippen LogP contribution is -2.59. The van der Waals surface area contributed by atoms with Crippen LogP contribution in [0.2, 0.25) is 0 Å². The molecule has 32 heavy (non-hydrogen) atoms. The summed E-state index contributed by atoms with van der Waals surface area (Å²) in [5.41, 5.74) is 4.18. The van der Waals surface area contributed by atoms with Crippen LogP contribution in [0.3, 0.4) is 0 Å². The molecule has 3 rings (SSSR count). The lowest BCUT2D eigenvalue weighted by atomic mass is 9.40. The van der Waals surface area contributed by atoms with Crippen LogP contribution in [0.1, 0.15) is 127 Å². The Morgan fingerprint density at radius 3 is 2.19 bits per heavy atom. The van der Waals surface area contributed by atoms with Gasteiger partial charge in [0.1, 0.15) is 5.41 Å². The monoisotopic (exact) mass is 441 g/mol. The van der Waals surface area contributed by atoms with Crippen molar-refractivity contribution < 1.29 is 5.11 Å². The second-order valence-corrected chi connectivity index (χ2v) is 13.5. The van der Waals surface area contributed by atoms with Crippen molar-refractivity contribution in [2.24, 2.45) is 33.5 Å². The van der Waals surface area contributed by atoms with Gasteiger partial charge in [-0.2, -0.15) is 0 Å². The lowest BCUT2D eigenvalue weighted by Gasteiger charge is -2.63. The average molecular weight is 442 g/mol. The number of fused-ring (bicyclic) bond motifs is 3. The molecular formula is C31H53O+. The summed E-state index contributed by atoms with van der Waals surface area (Å²) >= 11 is 0. The second kappa shape index (κ2) is 9.16. The molecule has 0 amide bonds. The van der Waals surface area contributed by atoms with Gasteiger partial charge in [0.15, 0.2) is 0 Å². The molecule has 1 nitrogen and oxygen atoms in total. The minimum absolute atomic E-state index is 0.0555. The quantitative estimate of drug-likeness (QED) is 0.308. The van der Waals surface area contributed by atoms with E-state index in [0.29, 0.717) is 22.2 Å². The van der Waals surface area contributed by atoms with Gasteiger partial charge >= 0.3 is 0 Å². The molecule has 0 aromatic rings. The number of allylic oxidation sites excluding steroid dienone is 4. The van der Waals surface area contributed by atoms with E-state index in [-0.39, 0.29) is 11.5 Å². The second-order valence-electron chi connectivity index (χ2n) is 13.5. The Labute approximate surface area is 200 Å². The highest BCUT2D eigenvalue weighted by Gasteiger charge is 2.70. The van der Waals surface area contributed by atoms with Crippen molar-refractivity contribution >= 4 is 0 Å². The summed E-state index contributed by atoms with van der Waals surface area (Å²) in [6, 6.07) is 0. The maximum atomic E-state index is 10.8. The summed E-state index contributed by atoms with van der Waals surface area (Å²) in [6.07, 6.45) is 17.1. The minimum atomic E-state index is -0.127. The summed E-state index contributed by atoms with van der Waals surface area (Å²) < 4.78 is 0. The predicted octanol–water partition coefficient (Wildman–Crippen LogP) is 9.07. The predicted molar refractivity (Wildman–Crippen MR) is 139 cm³/mol. The first-order valence-corrected chi connectivity index (χ1v) is 13.6. The Morgan fingerprint density at radius 1 is 0.875 bits per heavy atom. The van der Waals surface area contributed by atoms with E-state index in [2.05, 4.69) is 74.5 Å². The third-order valence-electron chi connectivity index (χ3n) is 11.3. The average Bonchev–Trinajstić information content (AvgIpc) is 2.98. The molecule has 3 fully saturated rings. The van der Waals surface area contributed by atoms with E-state index >= 15 is 0 Å². The summed E-state index contributed by atoms with van der Waals surface area (Å²) in [7, 11) is 0. The molecule has 0 saturated heterocycles. The molecule has 182 valence electrons. The summed E-state index contributed by atoms with van der Waals surface area (Å²) in [6.45, 7) is 21.7. The molecule has 3 saturated carbocycles. The highest BCUT2D eigenvalue weighted by Crippen LogP contribution is 2.74. The van der Waals surface area contributed by atoms with E-state index in [9.17, 15) is 5.11 Å². The fourth-order valence-corrected chi connectivity index (χ4v) is 8.77. The van der Waals surface area contributed by atoms with Crippen LogP contribution in [0.25, 0.3) is 0 Å². The van der Waals surface area contributed by atoms with Crippen LogP contribution in [-0.2, 0) is 0 Å². The molecule has 3 aliphatic rings. The van der Waals surface area contributed by atoms with Gasteiger partial charge in [-0.15, -0.1) is 0 Å². The van der Waals surface area contributed by atoms with E-state index in [0.717, 1.165) is 12.3 Å². The van der Waals surface area contributed by atoms with Gasteiger partial charge in [0.25, 0.3) is 0 Å². The Bertz CT molecular complexity index is 725. The molecule has 6 atom stereocenters. The van der Waals surface area contributed by atoms with Gasteiger partial charge in [0.05, 0.1) is 25.4 Å². The van der Waals surface area contributed by atoms with Gasteiger partial charge in [0.2, 0.25) is 0 Å². The van der Waals surface area contributed by atoms with Crippen molar-refractivity contribution in [3.05, 3.63) is 29.2 Å². The maximum Gasteiger partial charge on any atom is 0.113 e. The molecule has 0 unspecified atom stereocenters. The molecule has 0 radical (unpaired) electrons. The van der Waals surface area contributed by atoms with Crippen molar-refractivity contribution in [1.82, 2.24) is 0 Å². The zero-order valence-electron chi connectivity index (χ0n) is 22.9. The van der Waals surface area contributed by atoms with Gasteiger partial charge in [-0.1, -0.05) is 51.0 Å². The standard InChI is InChI=1S/C31H53O/c1-22(2)12-10-13-23(3)14-11-15-24(4)30(8)20-17-26-29(7)19-18-27(32)28(5,6)25(29)16-21-31(26,30)9/h12,14,25-27,32H,10-11,13,15-21H2,1-9H3/q+1/b23-14+/t25-,26+,27-,29-,30-,31+/m0/s1. The third kappa shape index (κ3) is 4.25. The molecule has 0 bridgehead atoms. The van der Waals surface area contributed by atoms with Gasteiger partial charge in [-0.25, -0.2) is 0 Å². The zero-order chi connectivity index (χ0) is 23.9. The molecule has 1 N–H and O–H groups in total. The van der Waals surface area contributed by atoms with Crippen molar-refractivity contribution in [2.75, 3.05) is 0 Å². The highest BCUT2D eigenvalue weighted by molar-refractivity contribution is 5.21. The van der Waals surface area contributed by atoms with Gasteiger partial charge in [0, 0.05) is 11.8 Å². The Kier molecular flexibility index (Phi) is 7.42. The largest absolute Gasteiger partial charge is 0.393 e. The number of aliphatic hydroxyl groups is 1. The maximum absolute atomic E-state index is 10.8. The normalized spacial score (nSPS) is 41.1. The Hall–Kier alpha value is -0.690. The Balaban J connectivity index is 1.70. The SMILES string of the molecule is CC(C)=CCC/C(C)=C/CC[C+](C)[C@]1(C)CC[C@@H]2[C@@]3(C)CC[C@H](O)C(C)(C)[C@@H]3CC[C@]21C. The van der Waals surface area contributed by atoms with Gasteiger partial charge in [-0.3, -0.25) is 0 Å². The molecular weight excluding hydrogens is 388 g/mol. The molecule has 0 heterocycles. The van der Waals surface area contributed by atoms with E-state index < -0.39 is 0 Å². The summed E-state index contributed by atoms with van der Waals surface area (Å²) in [4.78, 5) is 0. The van der Waals surface area contributed by atoms with E-state index in [1.807, 2.05) is 0 Å². The number of hydrogen-bond acceptors (Lipinski definition) is 1. The first-order valence-electron chi connectivity index (χ1n) is 13.6. The molecule has 0 aromatic carbocycles. The molecule has 0 spiro atoms. The fraction of sp³-hybridized carbons (Fsp3) is 0.839. The van der Waals surface area contributed by atoms with Crippen LogP contribution in [0, 0.1) is 39.4 Å². The first kappa shape index (κ1) is 25.9. The number of hydrogen-bond donors (Lipinski definition) is 1. The molecule has 3 aliphatic carbocycles. The van der Waals surface area contributed by atoms with Gasteiger partial charge in [-0.05, 0) is 102 Å². The fourth-order valence-electron chi connectivity index (χ4n) is 8.77. The summed E-state index contributed by atoms with van der Waals surface area (Å²) in [5.74, 6) is 3.20. The molecule has 1 heteroatoms. The first-order chi connectivity index (χ1) is 14.8. The molecule has 0 aliphatic heterocycles. The van der Waals surface area contributed by atoms with Crippen molar-refractivity contribution in [1.29, 1.82) is 0 Å². The van der Waals surface area contributed by atoms with Gasteiger partial charge < -0.3 is 5.11 Å². The number of aliphatic hydroxyl groups excluding tert-OH is 1. The van der Waals surface area contributed by atoms with Crippen LogP contribution in [-0.4, -0.2) is 11.2 Å². The minimum Gasteiger partial charge on any atom is -0.393 e. The topological polar surface area (TPSA) is 20.2 Å². The van der Waals surface area contributed by atoms with Crippen LogP contribution in [0.4, 0.5) is 0 Å². The van der Waals surface area contributed by atoms with E-state index in [1.165, 1.54) is 63.4 Å². The van der Waals surface area contributed by atoms with Crippen LogP contribution in [0.5, 0.6) is 0 Å². The van der Waals surface area contributed by atoms with Crippen molar-refractivity contribution in [3.63, 3.8) is 0 Å². The van der Waals surface area contributed by atoms with Crippen LogP contribution < -0.4 is 0 Å². The van der Waals surface area contributed by atoms with Crippen molar-refractivity contribution in [3.8, 4) is 0 Å². The lowest BCUT2D eigenvalue weighted by molar-refractivity contribution is -0.175. The van der Waals surface area contributed by atoms with Crippen LogP contribution >= 0.6 is 0 Å². The van der Waals surface area contributed by atoms with Crippen LogP contribution in [0.15, 0.2) is 23.3 Å². The van der Waals surface area contributed by atoms with Crippen molar-refractivity contribution in [2.45, 2.75) is 133 Å². The Morgan fingerprint density at radius 2 is 1.53 bits per heavy atom. The molecule has 0 aromatic heterocycles. The number of rotatable bonds is 7. The van der Waals surface area contributed by atoms with E-state index in [1.54, 1.807) is 11.5 Å².